The number of fused-ring (bicyclic) bond motifs is 1. The van der Waals surface area contributed by atoms with E-state index in [0.717, 1.165) is 4.70 Å². The number of benzene rings is 3. The van der Waals surface area contributed by atoms with Crippen LogP contribution >= 0.6 is 22.9 Å². The molecule has 4 aromatic rings. The Morgan fingerprint density at radius 1 is 1.08 bits per heavy atom. The Bertz CT molecular complexity index is 1520. The van der Waals surface area contributed by atoms with Crippen LogP contribution in [0.4, 0.5) is 5.13 Å². The second kappa shape index (κ2) is 9.64. The molecule has 1 fully saturated rings. The molecule has 1 aliphatic rings. The van der Waals surface area contributed by atoms with E-state index in [9.17, 15) is 14.7 Å². The zero-order chi connectivity index (χ0) is 25.4. The number of rotatable bonds is 6. The number of aromatic nitrogens is 1. The average Bonchev–Trinajstić information content (AvgIpc) is 3.42. The lowest BCUT2D eigenvalue weighted by Gasteiger charge is -2.24. The van der Waals surface area contributed by atoms with Gasteiger partial charge in [0, 0.05) is 10.6 Å². The van der Waals surface area contributed by atoms with Gasteiger partial charge in [0.2, 0.25) is 0 Å². The van der Waals surface area contributed by atoms with Gasteiger partial charge in [0.25, 0.3) is 5.78 Å². The van der Waals surface area contributed by atoms with Crippen LogP contribution in [0.5, 0.6) is 11.5 Å². The molecule has 1 amide bonds. The van der Waals surface area contributed by atoms with E-state index in [-0.39, 0.29) is 11.3 Å². The number of anilines is 1. The average molecular weight is 521 g/mol. The van der Waals surface area contributed by atoms with Gasteiger partial charge in [0.1, 0.15) is 5.76 Å². The molecule has 1 unspecified atom stereocenters. The van der Waals surface area contributed by atoms with E-state index in [2.05, 4.69) is 4.98 Å². The second-order valence-electron chi connectivity index (χ2n) is 7.99. The van der Waals surface area contributed by atoms with E-state index >= 15 is 0 Å². The summed E-state index contributed by atoms with van der Waals surface area (Å²) in [4.78, 5) is 32.7. The first-order valence-electron chi connectivity index (χ1n) is 11.2. The number of carbonyl (C=O) groups excluding carboxylic acids is 2. The molecule has 1 aromatic heterocycles. The number of halogens is 1. The minimum atomic E-state index is -0.939. The molecular weight excluding hydrogens is 500 g/mol. The van der Waals surface area contributed by atoms with Crippen LogP contribution in [-0.4, -0.2) is 35.5 Å². The molecule has 1 aliphatic heterocycles. The quantitative estimate of drug-likeness (QED) is 0.191. The van der Waals surface area contributed by atoms with Gasteiger partial charge >= 0.3 is 5.91 Å². The fraction of sp³-hybridized carbons (Fsp3) is 0.148. The van der Waals surface area contributed by atoms with Gasteiger partial charge in [-0.25, -0.2) is 4.98 Å². The van der Waals surface area contributed by atoms with Crippen LogP contribution in [0.2, 0.25) is 5.02 Å². The van der Waals surface area contributed by atoms with Crippen LogP contribution in [-0.2, 0) is 9.59 Å². The summed E-state index contributed by atoms with van der Waals surface area (Å²) in [5, 5.41) is 12.1. The Morgan fingerprint density at radius 2 is 1.86 bits per heavy atom. The smallest absolute Gasteiger partial charge is 0.301 e. The predicted octanol–water partition coefficient (Wildman–Crippen LogP) is 5.98. The molecule has 7 nitrogen and oxygen atoms in total. The molecule has 0 spiro atoms. The fourth-order valence-corrected chi connectivity index (χ4v) is 5.48. The van der Waals surface area contributed by atoms with Crippen molar-refractivity contribution in [2.45, 2.75) is 13.0 Å². The Labute approximate surface area is 216 Å². The van der Waals surface area contributed by atoms with Crippen molar-refractivity contribution in [3.8, 4) is 11.5 Å². The lowest BCUT2D eigenvalue weighted by molar-refractivity contribution is -0.132. The minimum Gasteiger partial charge on any atom is -0.507 e. The summed E-state index contributed by atoms with van der Waals surface area (Å²) in [6.07, 6.45) is 0. The summed E-state index contributed by atoms with van der Waals surface area (Å²) < 4.78 is 11.9. The highest BCUT2D eigenvalue weighted by atomic mass is 35.5. The molecule has 0 radical (unpaired) electrons. The number of amides is 1. The maximum Gasteiger partial charge on any atom is 0.301 e. The molecule has 0 aliphatic carbocycles. The highest BCUT2D eigenvalue weighted by molar-refractivity contribution is 7.22. The number of Topliss-reactive ketones (excluding diaryl/α,β-unsaturated/α-hetero) is 1. The van der Waals surface area contributed by atoms with Gasteiger partial charge in [0.05, 0.1) is 35.5 Å². The monoisotopic (exact) mass is 520 g/mol. The number of hydrogen-bond donors (Lipinski definition) is 1. The second-order valence-corrected chi connectivity index (χ2v) is 9.43. The van der Waals surface area contributed by atoms with Gasteiger partial charge < -0.3 is 14.6 Å². The van der Waals surface area contributed by atoms with Gasteiger partial charge in [-0.15, -0.1) is 0 Å². The minimum absolute atomic E-state index is 0.0327. The maximum atomic E-state index is 13.4. The first-order chi connectivity index (χ1) is 17.4. The van der Waals surface area contributed by atoms with Crippen LogP contribution in [0.1, 0.15) is 24.1 Å². The fourth-order valence-electron chi connectivity index (χ4n) is 4.22. The third-order valence-electron chi connectivity index (χ3n) is 5.84. The van der Waals surface area contributed by atoms with Gasteiger partial charge in [-0.2, -0.15) is 0 Å². The number of aliphatic hydroxyl groups excluding tert-OH is 1. The largest absolute Gasteiger partial charge is 0.507 e. The Morgan fingerprint density at radius 3 is 2.58 bits per heavy atom. The lowest BCUT2D eigenvalue weighted by atomic mass is 9.95. The summed E-state index contributed by atoms with van der Waals surface area (Å²) in [6.45, 7) is 2.30. The number of ketones is 1. The van der Waals surface area contributed by atoms with Crippen molar-refractivity contribution in [1.29, 1.82) is 0 Å². The van der Waals surface area contributed by atoms with Gasteiger partial charge in [-0.1, -0.05) is 59.3 Å². The van der Waals surface area contributed by atoms with E-state index in [0.29, 0.717) is 44.9 Å². The van der Waals surface area contributed by atoms with Crippen molar-refractivity contribution >= 4 is 55.7 Å². The van der Waals surface area contributed by atoms with E-state index in [1.54, 1.807) is 66.7 Å². The summed E-state index contributed by atoms with van der Waals surface area (Å²) in [5.74, 6) is -0.880. The predicted molar refractivity (Wildman–Crippen MR) is 140 cm³/mol. The van der Waals surface area contributed by atoms with E-state index in [1.165, 1.54) is 23.3 Å². The van der Waals surface area contributed by atoms with Crippen molar-refractivity contribution in [2.24, 2.45) is 0 Å². The highest BCUT2D eigenvalue weighted by Crippen LogP contribution is 2.46. The summed E-state index contributed by atoms with van der Waals surface area (Å²) in [5.41, 5.74) is 1.60. The molecule has 1 saturated heterocycles. The van der Waals surface area contributed by atoms with Crippen molar-refractivity contribution in [1.82, 2.24) is 4.98 Å². The molecule has 2 heterocycles. The van der Waals surface area contributed by atoms with Crippen LogP contribution < -0.4 is 14.4 Å². The number of nitrogens with zero attached hydrogens (tertiary/aromatic N) is 2. The lowest BCUT2D eigenvalue weighted by Crippen LogP contribution is -2.29. The van der Waals surface area contributed by atoms with E-state index in [1.807, 2.05) is 6.92 Å². The zero-order valence-corrected chi connectivity index (χ0v) is 21.0. The zero-order valence-electron chi connectivity index (χ0n) is 19.4. The normalized spacial score (nSPS) is 17.1. The van der Waals surface area contributed by atoms with E-state index in [4.69, 9.17) is 21.1 Å². The standard InChI is InChI=1S/C27H21ClN2O5S/c1-3-35-19-12-9-16(13-20(19)34-2)23-22(24(31)15-7-5-4-6-8-15)25(32)26(33)30(23)27-29-18-11-10-17(28)14-21(18)36-27/h4-14,23,31H,3H2,1-2H3. The molecule has 1 atom stereocenters. The van der Waals surface area contributed by atoms with Crippen LogP contribution in [0.3, 0.4) is 0 Å². The number of ether oxygens (including phenoxy) is 2. The third kappa shape index (κ3) is 4.08. The number of thiazole rings is 1. The van der Waals surface area contributed by atoms with E-state index < -0.39 is 17.7 Å². The molecule has 36 heavy (non-hydrogen) atoms. The van der Waals surface area contributed by atoms with Crippen molar-refractivity contribution in [3.05, 3.63) is 88.5 Å². The topological polar surface area (TPSA) is 89.0 Å². The number of methoxy groups -OCH3 is 1. The maximum absolute atomic E-state index is 13.4. The Kier molecular flexibility index (Phi) is 6.38. The summed E-state index contributed by atoms with van der Waals surface area (Å²) >= 11 is 7.39. The summed E-state index contributed by atoms with van der Waals surface area (Å²) in [6, 6.07) is 18.1. The van der Waals surface area contributed by atoms with Crippen LogP contribution in [0, 0.1) is 0 Å². The highest BCUT2D eigenvalue weighted by Gasteiger charge is 2.48. The number of aliphatic hydroxyl groups is 1. The first-order valence-corrected chi connectivity index (χ1v) is 12.4. The molecule has 9 heteroatoms. The van der Waals surface area contributed by atoms with Gasteiger partial charge in [0.15, 0.2) is 16.6 Å². The van der Waals surface area contributed by atoms with Crippen molar-refractivity contribution in [2.75, 3.05) is 18.6 Å². The van der Waals surface area contributed by atoms with Gasteiger partial charge in [-0.05, 0) is 42.8 Å². The molecule has 0 bridgehead atoms. The molecule has 5 rings (SSSR count). The molecule has 3 aromatic carbocycles. The summed E-state index contributed by atoms with van der Waals surface area (Å²) in [7, 11) is 1.51. The SMILES string of the molecule is CCOc1ccc(C2C(=C(O)c3ccccc3)C(=O)C(=O)N2c2nc3ccc(Cl)cc3s2)cc1OC. The third-order valence-corrected chi connectivity index (χ3v) is 7.09. The van der Waals surface area contributed by atoms with Crippen LogP contribution in [0.15, 0.2) is 72.3 Å². The van der Waals surface area contributed by atoms with Gasteiger partial charge in [-0.3, -0.25) is 14.5 Å². The van der Waals surface area contributed by atoms with Crippen LogP contribution in [0.25, 0.3) is 16.0 Å². The molecular formula is C27H21ClN2O5S. The first kappa shape index (κ1) is 23.8. The van der Waals surface area contributed by atoms with Crippen molar-refractivity contribution < 1.29 is 24.2 Å². The number of carbonyl (C=O) groups is 2. The Balaban J connectivity index is 1.73. The molecule has 1 N–H and O–H groups in total. The Hall–Kier alpha value is -3.88. The number of hydrogen-bond acceptors (Lipinski definition) is 7. The molecule has 182 valence electrons. The molecule has 0 saturated carbocycles. The van der Waals surface area contributed by atoms with Crippen molar-refractivity contribution in [3.63, 3.8) is 0 Å².